The van der Waals surface area contributed by atoms with Gasteiger partial charge in [0.25, 0.3) is 0 Å². The molecule has 0 radical (unpaired) electrons. The molecule has 0 saturated carbocycles. The third kappa shape index (κ3) is 2.27. The fourth-order valence-corrected chi connectivity index (χ4v) is 2.09. The fraction of sp³-hybridized carbons (Fsp3) is 1.00. The predicted octanol–water partition coefficient (Wildman–Crippen LogP) is 0.848. The zero-order valence-electron chi connectivity index (χ0n) is 9.55. The largest absolute Gasteiger partial charge is 0.371 e. The maximum absolute atomic E-state index is 5.97. The topological polar surface area (TPSA) is 24.5 Å². The summed E-state index contributed by atoms with van der Waals surface area (Å²) < 4.78 is 5.97. The summed E-state index contributed by atoms with van der Waals surface area (Å²) in [6, 6.07) is 0. The van der Waals surface area contributed by atoms with Crippen LogP contribution in [0.25, 0.3) is 0 Å². The Hall–Kier alpha value is -0.120. The van der Waals surface area contributed by atoms with Crippen LogP contribution in [0.2, 0.25) is 0 Å². The molecule has 3 heteroatoms. The van der Waals surface area contributed by atoms with Crippen molar-refractivity contribution in [2.45, 2.75) is 44.9 Å². The second kappa shape index (κ2) is 3.80. The molecular formula is C11H22N2O. The Morgan fingerprint density at radius 2 is 1.93 bits per heavy atom. The van der Waals surface area contributed by atoms with Gasteiger partial charge >= 0.3 is 0 Å². The lowest BCUT2D eigenvalue weighted by molar-refractivity contribution is -0.112. The Kier molecular flexibility index (Phi) is 2.82. The van der Waals surface area contributed by atoms with Crippen molar-refractivity contribution in [3.05, 3.63) is 0 Å². The molecule has 3 nitrogen and oxygen atoms in total. The number of rotatable bonds is 2. The van der Waals surface area contributed by atoms with Crippen molar-refractivity contribution in [2.24, 2.45) is 0 Å². The van der Waals surface area contributed by atoms with Crippen LogP contribution in [0.3, 0.4) is 0 Å². The average molecular weight is 198 g/mol. The van der Waals surface area contributed by atoms with E-state index in [9.17, 15) is 0 Å². The molecule has 0 aromatic heterocycles. The number of nitrogens with one attached hydrogen (secondary N) is 1. The number of nitrogens with zero attached hydrogens (tertiary/aromatic N) is 1. The van der Waals surface area contributed by atoms with E-state index in [1.807, 2.05) is 0 Å². The standard InChI is InChI=1S/C11H22N2O/c1-11(2,3)13-7-10(8-13)14-9-4-5-12-6-9/h9-10,12H,4-8H2,1-3H3. The maximum atomic E-state index is 5.97. The summed E-state index contributed by atoms with van der Waals surface area (Å²) in [4.78, 5) is 2.47. The summed E-state index contributed by atoms with van der Waals surface area (Å²) in [6.45, 7) is 11.2. The van der Waals surface area contributed by atoms with E-state index in [1.165, 1.54) is 6.42 Å². The van der Waals surface area contributed by atoms with Crippen LogP contribution in [-0.4, -0.2) is 48.8 Å². The van der Waals surface area contributed by atoms with Crippen LogP contribution in [0.5, 0.6) is 0 Å². The summed E-state index contributed by atoms with van der Waals surface area (Å²) in [5, 5.41) is 3.33. The lowest BCUT2D eigenvalue weighted by Crippen LogP contribution is -2.60. The van der Waals surface area contributed by atoms with Gasteiger partial charge in [-0.3, -0.25) is 4.90 Å². The van der Waals surface area contributed by atoms with Crippen molar-refractivity contribution < 1.29 is 4.74 Å². The maximum Gasteiger partial charge on any atom is 0.0833 e. The lowest BCUT2D eigenvalue weighted by atomic mass is 9.99. The number of likely N-dealkylation sites (tertiary alicyclic amines) is 1. The summed E-state index contributed by atoms with van der Waals surface area (Å²) >= 11 is 0. The monoisotopic (exact) mass is 198 g/mol. The predicted molar refractivity (Wildman–Crippen MR) is 57.5 cm³/mol. The van der Waals surface area contributed by atoms with Crippen LogP contribution in [0.15, 0.2) is 0 Å². The summed E-state index contributed by atoms with van der Waals surface area (Å²) in [5.41, 5.74) is 0.313. The smallest absolute Gasteiger partial charge is 0.0833 e. The summed E-state index contributed by atoms with van der Waals surface area (Å²) in [6.07, 6.45) is 2.15. The van der Waals surface area contributed by atoms with Crippen LogP contribution in [0.1, 0.15) is 27.2 Å². The molecule has 1 N–H and O–H groups in total. The average Bonchev–Trinajstić information content (AvgIpc) is 2.44. The minimum Gasteiger partial charge on any atom is -0.371 e. The molecular weight excluding hydrogens is 176 g/mol. The van der Waals surface area contributed by atoms with E-state index in [1.54, 1.807) is 0 Å². The van der Waals surface area contributed by atoms with Gasteiger partial charge in [0.2, 0.25) is 0 Å². The third-order valence-electron chi connectivity index (χ3n) is 3.20. The highest BCUT2D eigenvalue weighted by molar-refractivity contribution is 4.90. The molecule has 0 amide bonds. The molecule has 2 aliphatic rings. The zero-order chi connectivity index (χ0) is 10.2. The highest BCUT2D eigenvalue weighted by Gasteiger charge is 2.36. The van der Waals surface area contributed by atoms with E-state index in [2.05, 4.69) is 31.0 Å². The Balaban J connectivity index is 1.67. The fourth-order valence-electron chi connectivity index (χ4n) is 2.09. The molecule has 0 aromatic carbocycles. The van der Waals surface area contributed by atoms with Gasteiger partial charge in [-0.25, -0.2) is 0 Å². The summed E-state index contributed by atoms with van der Waals surface area (Å²) in [7, 11) is 0. The highest BCUT2D eigenvalue weighted by Crippen LogP contribution is 2.24. The first-order chi connectivity index (χ1) is 6.55. The first kappa shape index (κ1) is 10.4. The van der Waals surface area contributed by atoms with Crippen molar-refractivity contribution in [1.82, 2.24) is 10.2 Å². The number of hydrogen-bond donors (Lipinski definition) is 1. The lowest BCUT2D eigenvalue weighted by Gasteiger charge is -2.47. The quantitative estimate of drug-likeness (QED) is 0.712. The van der Waals surface area contributed by atoms with Crippen molar-refractivity contribution in [1.29, 1.82) is 0 Å². The first-order valence-electron chi connectivity index (χ1n) is 5.67. The number of hydrogen-bond acceptors (Lipinski definition) is 3. The molecule has 1 unspecified atom stereocenters. The molecule has 82 valence electrons. The zero-order valence-corrected chi connectivity index (χ0v) is 9.55. The van der Waals surface area contributed by atoms with Crippen LogP contribution >= 0.6 is 0 Å². The molecule has 0 bridgehead atoms. The van der Waals surface area contributed by atoms with Gasteiger partial charge in [-0.2, -0.15) is 0 Å². The van der Waals surface area contributed by atoms with Crippen LogP contribution < -0.4 is 5.32 Å². The van der Waals surface area contributed by atoms with Gasteiger partial charge in [-0.1, -0.05) is 0 Å². The van der Waals surface area contributed by atoms with Crippen molar-refractivity contribution in [3.63, 3.8) is 0 Å². The van der Waals surface area contributed by atoms with E-state index in [0.29, 0.717) is 17.7 Å². The van der Waals surface area contributed by atoms with Gasteiger partial charge in [0, 0.05) is 25.2 Å². The molecule has 2 heterocycles. The van der Waals surface area contributed by atoms with Crippen LogP contribution in [0.4, 0.5) is 0 Å². The minimum atomic E-state index is 0.313. The Labute approximate surface area is 86.8 Å². The molecule has 0 spiro atoms. The van der Waals surface area contributed by atoms with E-state index < -0.39 is 0 Å². The Morgan fingerprint density at radius 1 is 1.21 bits per heavy atom. The molecule has 2 aliphatic heterocycles. The van der Waals surface area contributed by atoms with Gasteiger partial charge in [-0.05, 0) is 33.7 Å². The Morgan fingerprint density at radius 3 is 2.43 bits per heavy atom. The second-order valence-electron chi connectivity index (χ2n) is 5.45. The molecule has 14 heavy (non-hydrogen) atoms. The van der Waals surface area contributed by atoms with Crippen molar-refractivity contribution in [3.8, 4) is 0 Å². The van der Waals surface area contributed by atoms with Crippen molar-refractivity contribution in [2.75, 3.05) is 26.2 Å². The van der Waals surface area contributed by atoms with Gasteiger partial charge in [0.05, 0.1) is 12.2 Å². The summed E-state index contributed by atoms with van der Waals surface area (Å²) in [5.74, 6) is 0. The van der Waals surface area contributed by atoms with Crippen molar-refractivity contribution >= 4 is 0 Å². The van der Waals surface area contributed by atoms with E-state index >= 15 is 0 Å². The molecule has 2 saturated heterocycles. The third-order valence-corrected chi connectivity index (χ3v) is 3.20. The molecule has 1 atom stereocenters. The second-order valence-corrected chi connectivity index (χ2v) is 5.45. The van der Waals surface area contributed by atoms with E-state index in [-0.39, 0.29) is 0 Å². The number of ether oxygens (including phenoxy) is 1. The molecule has 2 fully saturated rings. The van der Waals surface area contributed by atoms with Gasteiger partial charge in [0.1, 0.15) is 0 Å². The van der Waals surface area contributed by atoms with Crippen LogP contribution in [0, 0.1) is 0 Å². The first-order valence-corrected chi connectivity index (χ1v) is 5.67. The van der Waals surface area contributed by atoms with Gasteiger partial charge < -0.3 is 10.1 Å². The molecule has 2 rings (SSSR count). The Bertz CT molecular complexity index is 188. The van der Waals surface area contributed by atoms with E-state index in [0.717, 1.165) is 26.2 Å². The van der Waals surface area contributed by atoms with Gasteiger partial charge in [0.15, 0.2) is 0 Å². The molecule has 0 aliphatic carbocycles. The minimum absolute atomic E-state index is 0.313. The van der Waals surface area contributed by atoms with E-state index in [4.69, 9.17) is 4.74 Å². The normalized spacial score (nSPS) is 30.6. The SMILES string of the molecule is CC(C)(C)N1CC(OC2CCNC2)C1. The molecule has 0 aromatic rings. The van der Waals surface area contributed by atoms with Crippen LogP contribution in [-0.2, 0) is 4.74 Å². The highest BCUT2D eigenvalue weighted by atomic mass is 16.5. The van der Waals surface area contributed by atoms with Gasteiger partial charge in [-0.15, -0.1) is 0 Å².